The van der Waals surface area contributed by atoms with E-state index in [1.54, 1.807) is 12.0 Å². The van der Waals surface area contributed by atoms with E-state index in [4.69, 9.17) is 9.47 Å². The zero-order valence-electron chi connectivity index (χ0n) is 16.2. The van der Waals surface area contributed by atoms with Crippen LogP contribution in [0.25, 0.3) is 10.2 Å². The van der Waals surface area contributed by atoms with Crippen LogP contribution < -0.4 is 19.7 Å². The summed E-state index contributed by atoms with van der Waals surface area (Å²) in [5, 5.41) is 3.38. The molecule has 2 aromatic carbocycles. The lowest BCUT2D eigenvalue weighted by atomic mass is 10.1. The van der Waals surface area contributed by atoms with Crippen LogP contribution in [0.15, 0.2) is 42.5 Å². The van der Waals surface area contributed by atoms with Crippen molar-refractivity contribution < 1.29 is 19.1 Å². The average Bonchev–Trinajstić information content (AvgIpc) is 3.31. The molecule has 1 aliphatic heterocycles. The summed E-state index contributed by atoms with van der Waals surface area (Å²) in [5.41, 5.74) is 1.56. The third-order valence-electron chi connectivity index (χ3n) is 4.78. The third-order valence-corrected chi connectivity index (χ3v) is 5.71. The maximum atomic E-state index is 12.7. The molecule has 1 fully saturated rings. The highest BCUT2D eigenvalue weighted by Crippen LogP contribution is 2.31. The van der Waals surface area contributed by atoms with Crippen LogP contribution in [0.1, 0.15) is 13.3 Å². The van der Waals surface area contributed by atoms with Crippen LogP contribution in [0.4, 0.5) is 10.8 Å². The molecular weight excluding hydrogens is 390 g/mol. The number of nitrogens with zero attached hydrogens (tertiary/aromatic N) is 2. The molecule has 0 saturated carbocycles. The topological polar surface area (TPSA) is 80.8 Å². The van der Waals surface area contributed by atoms with Gasteiger partial charge in [-0.3, -0.25) is 9.59 Å². The molecule has 1 N–H and O–H groups in total. The van der Waals surface area contributed by atoms with Crippen LogP contribution in [0.5, 0.6) is 11.5 Å². The number of fused-ring (bicyclic) bond motifs is 1. The van der Waals surface area contributed by atoms with Gasteiger partial charge < -0.3 is 19.7 Å². The van der Waals surface area contributed by atoms with Crippen molar-refractivity contribution in [3.05, 3.63) is 42.5 Å². The first kappa shape index (κ1) is 19.2. The van der Waals surface area contributed by atoms with Crippen molar-refractivity contribution in [2.45, 2.75) is 13.3 Å². The molecule has 0 bridgehead atoms. The van der Waals surface area contributed by atoms with Crippen molar-refractivity contribution in [3.8, 4) is 11.5 Å². The van der Waals surface area contributed by atoms with Gasteiger partial charge in [-0.2, -0.15) is 0 Å². The quantitative estimate of drug-likeness (QED) is 0.669. The second-order valence-corrected chi connectivity index (χ2v) is 7.70. The van der Waals surface area contributed by atoms with Gasteiger partial charge in [0.05, 0.1) is 29.9 Å². The highest BCUT2D eigenvalue weighted by atomic mass is 32.1. The first-order chi connectivity index (χ1) is 14.1. The molecule has 29 heavy (non-hydrogen) atoms. The highest BCUT2D eigenvalue weighted by Gasteiger charge is 2.35. The fourth-order valence-electron chi connectivity index (χ4n) is 3.31. The van der Waals surface area contributed by atoms with Gasteiger partial charge in [-0.05, 0) is 49.4 Å². The van der Waals surface area contributed by atoms with Gasteiger partial charge in [0.25, 0.3) is 0 Å². The van der Waals surface area contributed by atoms with E-state index >= 15 is 0 Å². The molecule has 2 heterocycles. The Bertz CT molecular complexity index is 1050. The van der Waals surface area contributed by atoms with E-state index in [1.807, 2.05) is 49.4 Å². The number of ether oxygens (including phenoxy) is 2. The number of nitrogens with one attached hydrogen (secondary N) is 1. The zero-order chi connectivity index (χ0) is 20.4. The van der Waals surface area contributed by atoms with Gasteiger partial charge >= 0.3 is 0 Å². The Labute approximate surface area is 172 Å². The minimum atomic E-state index is -0.421. The second kappa shape index (κ2) is 8.08. The van der Waals surface area contributed by atoms with Gasteiger partial charge in [-0.15, -0.1) is 0 Å². The summed E-state index contributed by atoms with van der Waals surface area (Å²) in [6.07, 6.45) is 0.178. The predicted molar refractivity (Wildman–Crippen MR) is 113 cm³/mol. The molecule has 1 aliphatic rings. The van der Waals surface area contributed by atoms with E-state index in [0.717, 1.165) is 27.4 Å². The molecule has 0 spiro atoms. The maximum absolute atomic E-state index is 12.7. The number of rotatable bonds is 6. The van der Waals surface area contributed by atoms with Gasteiger partial charge in [0.2, 0.25) is 11.8 Å². The molecule has 0 aliphatic carbocycles. The van der Waals surface area contributed by atoms with Crippen LogP contribution in [0.2, 0.25) is 0 Å². The number of aromatic nitrogens is 1. The fraction of sp³-hybridized carbons (Fsp3) is 0.286. The Kier molecular flexibility index (Phi) is 5.35. The smallest absolute Gasteiger partial charge is 0.231 e. The molecule has 1 aromatic heterocycles. The third kappa shape index (κ3) is 4.02. The summed E-state index contributed by atoms with van der Waals surface area (Å²) >= 11 is 1.38. The number of thiazole rings is 1. The first-order valence-electron chi connectivity index (χ1n) is 9.36. The average molecular weight is 411 g/mol. The molecule has 0 radical (unpaired) electrons. The Morgan fingerprint density at radius 3 is 2.72 bits per heavy atom. The van der Waals surface area contributed by atoms with Gasteiger partial charge in [-0.1, -0.05) is 11.3 Å². The van der Waals surface area contributed by atoms with Gasteiger partial charge in [-0.25, -0.2) is 4.98 Å². The largest absolute Gasteiger partial charge is 0.497 e. The van der Waals surface area contributed by atoms with Gasteiger partial charge in [0.1, 0.15) is 11.5 Å². The van der Waals surface area contributed by atoms with Crippen LogP contribution in [0, 0.1) is 5.92 Å². The molecule has 1 atom stereocenters. The lowest BCUT2D eigenvalue weighted by Crippen LogP contribution is -2.28. The number of hydrogen-bond acceptors (Lipinski definition) is 6. The van der Waals surface area contributed by atoms with E-state index in [0.29, 0.717) is 18.3 Å². The standard InChI is InChI=1S/C21H21N3O4S/c1-3-28-15-6-4-14(5-7-15)24-12-13(10-19(24)25)20(26)23-21-22-17-9-8-16(27-2)11-18(17)29-21/h4-9,11,13H,3,10,12H2,1-2H3,(H,22,23,26)/t13-/m1/s1. The summed E-state index contributed by atoms with van der Waals surface area (Å²) in [5.74, 6) is 0.813. The number of hydrogen-bond donors (Lipinski definition) is 1. The van der Waals surface area contributed by atoms with E-state index in [9.17, 15) is 9.59 Å². The summed E-state index contributed by atoms with van der Waals surface area (Å²) in [7, 11) is 1.61. The summed E-state index contributed by atoms with van der Waals surface area (Å²) in [6, 6.07) is 12.9. The van der Waals surface area contributed by atoms with Crippen molar-refractivity contribution >= 4 is 44.2 Å². The lowest BCUT2D eigenvalue weighted by Gasteiger charge is -2.17. The molecule has 0 unspecified atom stereocenters. The van der Waals surface area contributed by atoms with Crippen LogP contribution >= 0.6 is 11.3 Å². The number of carbonyl (C=O) groups is 2. The number of carbonyl (C=O) groups excluding carboxylic acids is 2. The molecule has 7 nitrogen and oxygen atoms in total. The molecule has 2 amide bonds. The van der Waals surface area contributed by atoms with E-state index in [2.05, 4.69) is 10.3 Å². The molecule has 1 saturated heterocycles. The summed E-state index contributed by atoms with van der Waals surface area (Å²) in [6.45, 7) is 2.85. The van der Waals surface area contributed by atoms with E-state index in [1.165, 1.54) is 11.3 Å². The number of benzene rings is 2. The highest BCUT2D eigenvalue weighted by molar-refractivity contribution is 7.22. The molecule has 150 valence electrons. The zero-order valence-corrected chi connectivity index (χ0v) is 17.0. The summed E-state index contributed by atoms with van der Waals surface area (Å²) in [4.78, 5) is 31.2. The number of methoxy groups -OCH3 is 1. The Hall–Kier alpha value is -3.13. The van der Waals surface area contributed by atoms with E-state index in [-0.39, 0.29) is 18.2 Å². The van der Waals surface area contributed by atoms with Crippen LogP contribution in [-0.4, -0.2) is 37.1 Å². The van der Waals surface area contributed by atoms with Crippen LogP contribution in [-0.2, 0) is 9.59 Å². The second-order valence-electron chi connectivity index (χ2n) is 6.67. The number of amides is 2. The van der Waals surface area contributed by atoms with E-state index < -0.39 is 5.92 Å². The lowest BCUT2D eigenvalue weighted by molar-refractivity contribution is -0.122. The molecule has 3 aromatic rings. The monoisotopic (exact) mass is 411 g/mol. The van der Waals surface area contributed by atoms with Crippen molar-refractivity contribution in [3.63, 3.8) is 0 Å². The minimum Gasteiger partial charge on any atom is -0.497 e. The molecule has 4 rings (SSSR count). The molecular formula is C21H21N3O4S. The van der Waals surface area contributed by atoms with Crippen molar-refractivity contribution in [1.29, 1.82) is 0 Å². The predicted octanol–water partition coefficient (Wildman–Crippen LogP) is 3.70. The molecule has 8 heteroatoms. The fourth-order valence-corrected chi connectivity index (χ4v) is 4.21. The Morgan fingerprint density at radius 1 is 1.24 bits per heavy atom. The van der Waals surface area contributed by atoms with Gasteiger partial charge in [0.15, 0.2) is 5.13 Å². The van der Waals surface area contributed by atoms with Gasteiger partial charge in [0, 0.05) is 18.7 Å². The number of anilines is 2. The Morgan fingerprint density at radius 2 is 2.00 bits per heavy atom. The minimum absolute atomic E-state index is 0.0663. The SMILES string of the molecule is CCOc1ccc(N2C[C@H](C(=O)Nc3nc4ccc(OC)cc4s3)CC2=O)cc1. The van der Waals surface area contributed by atoms with Crippen molar-refractivity contribution in [2.75, 3.05) is 30.5 Å². The van der Waals surface area contributed by atoms with Crippen LogP contribution in [0.3, 0.4) is 0 Å². The Balaban J connectivity index is 1.43. The first-order valence-corrected chi connectivity index (χ1v) is 10.2. The maximum Gasteiger partial charge on any atom is 0.231 e. The summed E-state index contributed by atoms with van der Waals surface area (Å²) < 4.78 is 11.6. The normalized spacial score (nSPS) is 16.3. The van der Waals surface area contributed by atoms with Crippen molar-refractivity contribution in [1.82, 2.24) is 4.98 Å². The van der Waals surface area contributed by atoms with Crippen molar-refractivity contribution in [2.24, 2.45) is 5.92 Å².